The topological polar surface area (TPSA) is 104 Å². The summed E-state index contributed by atoms with van der Waals surface area (Å²) < 4.78 is 0. The summed E-state index contributed by atoms with van der Waals surface area (Å²) in [4.78, 5) is 31.3. The highest BCUT2D eigenvalue weighted by Gasteiger charge is 2.17. The molecular weight excluding hydrogens is 190 g/mol. The van der Waals surface area contributed by atoms with Crippen LogP contribution in [0.15, 0.2) is 0 Å². The van der Waals surface area contributed by atoms with Crippen LogP contribution < -0.4 is 5.32 Å². The maximum absolute atomic E-state index is 10.6. The van der Waals surface area contributed by atoms with Gasteiger partial charge >= 0.3 is 11.9 Å². The predicted molar refractivity (Wildman–Crippen MR) is 46.7 cm³/mol. The Labute approximate surface area is 80.9 Å². The Kier molecular flexibility index (Phi) is 5.28. The fraction of sp³-hybridized carbons (Fsp3) is 0.625. The highest BCUT2D eigenvalue weighted by Crippen LogP contribution is 2.01. The van der Waals surface area contributed by atoms with Gasteiger partial charge in [0.15, 0.2) is 0 Å². The molecule has 0 rings (SSSR count). The Bertz CT molecular complexity index is 238. The first-order valence-corrected chi connectivity index (χ1v) is 4.15. The van der Waals surface area contributed by atoms with Gasteiger partial charge in [-0.3, -0.25) is 9.59 Å². The van der Waals surface area contributed by atoms with Crippen molar-refractivity contribution in [3.05, 3.63) is 0 Å². The van der Waals surface area contributed by atoms with Gasteiger partial charge in [0.1, 0.15) is 6.04 Å². The van der Waals surface area contributed by atoms with Crippen LogP contribution >= 0.6 is 0 Å². The molecule has 0 aliphatic rings. The van der Waals surface area contributed by atoms with Crippen LogP contribution in [0.5, 0.6) is 0 Å². The number of carbonyl (C=O) groups is 3. The standard InChI is InChI=1S/C8H13NO5/c1-5(10)9-6(8(13)14)3-2-4-7(11)12/h6H,2-4H2,1H3,(H,9,10)(H,11,12)(H,13,14)/t6-/m0/s1. The van der Waals surface area contributed by atoms with Crippen LogP contribution in [0.1, 0.15) is 26.2 Å². The van der Waals surface area contributed by atoms with Gasteiger partial charge in [-0.05, 0) is 12.8 Å². The highest BCUT2D eigenvalue weighted by atomic mass is 16.4. The van der Waals surface area contributed by atoms with Gasteiger partial charge in [-0.25, -0.2) is 4.79 Å². The number of carboxylic acids is 2. The van der Waals surface area contributed by atoms with E-state index < -0.39 is 23.9 Å². The quantitative estimate of drug-likeness (QED) is 0.556. The number of carbonyl (C=O) groups excluding carboxylic acids is 1. The smallest absolute Gasteiger partial charge is 0.326 e. The summed E-state index contributed by atoms with van der Waals surface area (Å²) in [6.45, 7) is 1.22. The maximum atomic E-state index is 10.6. The van der Waals surface area contributed by atoms with Gasteiger partial charge in [-0.2, -0.15) is 0 Å². The number of rotatable bonds is 6. The fourth-order valence-corrected chi connectivity index (χ4v) is 0.960. The van der Waals surface area contributed by atoms with Gasteiger partial charge in [-0.15, -0.1) is 0 Å². The van der Waals surface area contributed by atoms with Crippen molar-refractivity contribution in [3.8, 4) is 0 Å². The summed E-state index contributed by atoms with van der Waals surface area (Å²) in [5, 5.41) is 19.2. The van der Waals surface area contributed by atoms with Crippen molar-refractivity contribution >= 4 is 17.8 Å². The van der Waals surface area contributed by atoms with Crippen LogP contribution in [0.3, 0.4) is 0 Å². The molecule has 0 saturated heterocycles. The average molecular weight is 203 g/mol. The van der Waals surface area contributed by atoms with Gasteiger partial charge in [0.25, 0.3) is 0 Å². The van der Waals surface area contributed by atoms with Crippen molar-refractivity contribution in [2.45, 2.75) is 32.2 Å². The zero-order valence-corrected chi connectivity index (χ0v) is 7.82. The molecule has 0 fully saturated rings. The summed E-state index contributed by atoms with van der Waals surface area (Å²) in [5.74, 6) is -2.56. The summed E-state index contributed by atoms with van der Waals surface area (Å²) in [5.41, 5.74) is 0. The molecule has 0 radical (unpaired) electrons. The number of amides is 1. The number of aliphatic carboxylic acids is 2. The number of hydrogen-bond donors (Lipinski definition) is 3. The van der Waals surface area contributed by atoms with Crippen LogP contribution in [0.2, 0.25) is 0 Å². The third-order valence-corrected chi connectivity index (χ3v) is 1.56. The molecule has 1 atom stereocenters. The lowest BCUT2D eigenvalue weighted by atomic mass is 10.1. The summed E-state index contributed by atoms with van der Waals surface area (Å²) >= 11 is 0. The SMILES string of the molecule is CC(=O)N[C@@H](CCCC(=O)O)C(=O)O. The Balaban J connectivity index is 3.91. The van der Waals surface area contributed by atoms with Crippen LogP contribution in [0.4, 0.5) is 0 Å². The third-order valence-electron chi connectivity index (χ3n) is 1.56. The zero-order chi connectivity index (χ0) is 11.1. The number of carboxylic acid groups (broad SMARTS) is 2. The molecule has 0 spiro atoms. The second kappa shape index (κ2) is 5.95. The molecular formula is C8H13NO5. The van der Waals surface area contributed by atoms with E-state index in [1.54, 1.807) is 0 Å². The normalized spacial score (nSPS) is 11.8. The van der Waals surface area contributed by atoms with Gasteiger partial charge in [0.2, 0.25) is 5.91 Å². The zero-order valence-electron chi connectivity index (χ0n) is 7.82. The van der Waals surface area contributed by atoms with E-state index >= 15 is 0 Å². The third kappa shape index (κ3) is 5.99. The van der Waals surface area contributed by atoms with Crippen molar-refractivity contribution in [2.24, 2.45) is 0 Å². The second-order valence-corrected chi connectivity index (χ2v) is 2.88. The Morgan fingerprint density at radius 1 is 1.29 bits per heavy atom. The first-order valence-electron chi connectivity index (χ1n) is 4.15. The maximum Gasteiger partial charge on any atom is 0.326 e. The van der Waals surface area contributed by atoms with Gasteiger partial charge in [0.05, 0.1) is 0 Å². The molecule has 14 heavy (non-hydrogen) atoms. The van der Waals surface area contributed by atoms with Gasteiger partial charge < -0.3 is 15.5 Å². The van der Waals surface area contributed by atoms with Crippen LogP contribution in [0, 0.1) is 0 Å². The molecule has 6 nitrogen and oxygen atoms in total. The van der Waals surface area contributed by atoms with E-state index in [0.29, 0.717) is 0 Å². The minimum atomic E-state index is -1.15. The van der Waals surface area contributed by atoms with Crippen LogP contribution in [-0.4, -0.2) is 34.1 Å². The van der Waals surface area contributed by atoms with Gasteiger partial charge in [-0.1, -0.05) is 0 Å². The van der Waals surface area contributed by atoms with E-state index in [4.69, 9.17) is 10.2 Å². The number of hydrogen-bond acceptors (Lipinski definition) is 3. The molecule has 0 bridgehead atoms. The van der Waals surface area contributed by atoms with Crippen LogP contribution in [-0.2, 0) is 14.4 Å². The summed E-state index contributed by atoms with van der Waals surface area (Å²) in [6, 6.07) is -0.994. The van der Waals surface area contributed by atoms with E-state index in [2.05, 4.69) is 5.32 Å². The highest BCUT2D eigenvalue weighted by molar-refractivity contribution is 5.82. The van der Waals surface area contributed by atoms with Gasteiger partial charge in [0, 0.05) is 13.3 Å². The van der Waals surface area contributed by atoms with Crippen molar-refractivity contribution in [1.82, 2.24) is 5.32 Å². The molecule has 0 saturated carbocycles. The molecule has 3 N–H and O–H groups in total. The summed E-state index contributed by atoms with van der Waals surface area (Å²) in [7, 11) is 0. The van der Waals surface area contributed by atoms with Crippen molar-refractivity contribution in [1.29, 1.82) is 0 Å². The van der Waals surface area contributed by atoms with Crippen LogP contribution in [0.25, 0.3) is 0 Å². The van der Waals surface area contributed by atoms with E-state index in [1.165, 1.54) is 6.92 Å². The lowest BCUT2D eigenvalue weighted by Crippen LogP contribution is -2.39. The Morgan fingerprint density at radius 2 is 1.86 bits per heavy atom. The first-order chi connectivity index (χ1) is 6.43. The molecule has 0 aromatic rings. The minimum Gasteiger partial charge on any atom is -0.481 e. The van der Waals surface area contributed by atoms with E-state index in [1.807, 2.05) is 0 Å². The predicted octanol–water partition coefficient (Wildman–Crippen LogP) is -0.169. The largest absolute Gasteiger partial charge is 0.481 e. The van der Waals surface area contributed by atoms with E-state index in [0.717, 1.165) is 0 Å². The molecule has 0 aliphatic heterocycles. The lowest BCUT2D eigenvalue weighted by Gasteiger charge is -2.11. The van der Waals surface area contributed by atoms with Crippen molar-refractivity contribution in [3.63, 3.8) is 0 Å². The number of nitrogens with one attached hydrogen (secondary N) is 1. The Morgan fingerprint density at radius 3 is 2.21 bits per heavy atom. The van der Waals surface area contributed by atoms with Crippen molar-refractivity contribution < 1.29 is 24.6 Å². The second-order valence-electron chi connectivity index (χ2n) is 2.88. The molecule has 1 amide bonds. The van der Waals surface area contributed by atoms with E-state index in [9.17, 15) is 14.4 Å². The minimum absolute atomic E-state index is 0.0939. The van der Waals surface area contributed by atoms with E-state index in [-0.39, 0.29) is 19.3 Å². The molecule has 80 valence electrons. The molecule has 0 aromatic carbocycles. The lowest BCUT2D eigenvalue weighted by molar-refractivity contribution is -0.142. The molecule has 0 unspecified atom stereocenters. The average Bonchev–Trinajstić information content (AvgIpc) is 2.00. The molecule has 6 heteroatoms. The monoisotopic (exact) mass is 203 g/mol. The summed E-state index contributed by atoms with van der Waals surface area (Å²) in [6.07, 6.45) is 0.261. The fourth-order valence-electron chi connectivity index (χ4n) is 0.960. The van der Waals surface area contributed by atoms with Crippen molar-refractivity contribution in [2.75, 3.05) is 0 Å². The molecule has 0 aliphatic carbocycles. The molecule has 0 heterocycles. The molecule has 0 aromatic heterocycles. The Hall–Kier alpha value is -1.59. The first kappa shape index (κ1) is 12.4.